The monoisotopic (exact) mass is 235 g/mol. The summed E-state index contributed by atoms with van der Waals surface area (Å²) in [5, 5.41) is 8.75. The quantitative estimate of drug-likeness (QED) is 0.697. The molecule has 1 aromatic rings. The summed E-state index contributed by atoms with van der Waals surface area (Å²) < 4.78 is 0. The Morgan fingerprint density at radius 1 is 1.18 bits per heavy atom. The van der Waals surface area contributed by atoms with E-state index in [1.165, 1.54) is 0 Å². The van der Waals surface area contributed by atoms with Crippen LogP contribution in [0.1, 0.15) is 12.5 Å². The van der Waals surface area contributed by atoms with E-state index in [0.717, 1.165) is 12.1 Å². The van der Waals surface area contributed by atoms with Crippen molar-refractivity contribution in [2.24, 2.45) is 5.92 Å². The van der Waals surface area contributed by atoms with Crippen molar-refractivity contribution in [1.82, 2.24) is 16.0 Å². The van der Waals surface area contributed by atoms with Gasteiger partial charge in [0.25, 0.3) is 0 Å². The Bertz CT molecular complexity index is 327. The highest BCUT2D eigenvalue weighted by Gasteiger charge is 2.03. The van der Waals surface area contributed by atoms with Gasteiger partial charge in [0, 0.05) is 13.1 Å². The summed E-state index contributed by atoms with van der Waals surface area (Å²) in [5.74, 6) is 0.433. The van der Waals surface area contributed by atoms with Gasteiger partial charge in [0.2, 0.25) is 0 Å². The van der Waals surface area contributed by atoms with Gasteiger partial charge in [0.15, 0.2) is 0 Å². The van der Waals surface area contributed by atoms with Crippen molar-refractivity contribution in [2.45, 2.75) is 13.5 Å². The van der Waals surface area contributed by atoms with Gasteiger partial charge in [-0.05, 0) is 25.1 Å². The third-order valence-electron chi connectivity index (χ3n) is 2.46. The van der Waals surface area contributed by atoms with E-state index in [9.17, 15) is 4.79 Å². The van der Waals surface area contributed by atoms with E-state index < -0.39 is 0 Å². The Hall–Kier alpha value is -1.55. The number of hydrogen-bond donors (Lipinski definition) is 3. The Labute approximate surface area is 103 Å². The molecule has 0 radical (unpaired) electrons. The van der Waals surface area contributed by atoms with Gasteiger partial charge in [-0.3, -0.25) is 0 Å². The molecule has 3 N–H and O–H groups in total. The average Bonchev–Trinajstić information content (AvgIpc) is 2.35. The summed E-state index contributed by atoms with van der Waals surface area (Å²) in [7, 11) is 1.91. The molecule has 1 rings (SSSR count). The maximum atomic E-state index is 11.5. The number of hydrogen-bond acceptors (Lipinski definition) is 2. The standard InChI is InChI=1S/C13H21N3O/c1-11(8-14-2)9-15-13(17)16-10-12-6-4-3-5-7-12/h3-7,11,14H,8-10H2,1-2H3,(H2,15,16,17). The van der Waals surface area contributed by atoms with Crippen LogP contribution < -0.4 is 16.0 Å². The lowest BCUT2D eigenvalue weighted by atomic mass is 10.2. The topological polar surface area (TPSA) is 53.2 Å². The largest absolute Gasteiger partial charge is 0.338 e. The molecule has 0 aromatic heterocycles. The Kier molecular flexibility index (Phi) is 6.10. The molecule has 0 bridgehead atoms. The molecule has 0 aliphatic carbocycles. The Balaban J connectivity index is 2.17. The van der Waals surface area contributed by atoms with Crippen LogP contribution in [-0.4, -0.2) is 26.2 Å². The van der Waals surface area contributed by atoms with Gasteiger partial charge in [-0.15, -0.1) is 0 Å². The first-order valence-corrected chi connectivity index (χ1v) is 5.92. The van der Waals surface area contributed by atoms with Crippen LogP contribution in [0.3, 0.4) is 0 Å². The molecule has 17 heavy (non-hydrogen) atoms. The molecule has 0 aliphatic heterocycles. The van der Waals surface area contributed by atoms with Crippen molar-refractivity contribution in [3.63, 3.8) is 0 Å². The van der Waals surface area contributed by atoms with Crippen LogP contribution in [0.15, 0.2) is 30.3 Å². The molecule has 1 aromatic carbocycles. The number of amides is 2. The predicted molar refractivity (Wildman–Crippen MR) is 69.8 cm³/mol. The molecule has 4 heteroatoms. The van der Waals surface area contributed by atoms with E-state index in [-0.39, 0.29) is 6.03 Å². The molecule has 0 aliphatic rings. The molecule has 2 amide bonds. The molecular weight excluding hydrogens is 214 g/mol. The number of rotatable bonds is 6. The number of urea groups is 1. The van der Waals surface area contributed by atoms with Gasteiger partial charge < -0.3 is 16.0 Å². The summed E-state index contributed by atoms with van der Waals surface area (Å²) in [6, 6.07) is 9.75. The lowest BCUT2D eigenvalue weighted by Gasteiger charge is -2.12. The summed E-state index contributed by atoms with van der Waals surface area (Å²) >= 11 is 0. The summed E-state index contributed by atoms with van der Waals surface area (Å²) in [4.78, 5) is 11.5. The van der Waals surface area contributed by atoms with Gasteiger partial charge in [0.1, 0.15) is 0 Å². The van der Waals surface area contributed by atoms with E-state index in [1.807, 2.05) is 37.4 Å². The van der Waals surface area contributed by atoms with Gasteiger partial charge >= 0.3 is 6.03 Å². The van der Waals surface area contributed by atoms with E-state index in [0.29, 0.717) is 19.0 Å². The lowest BCUT2D eigenvalue weighted by Crippen LogP contribution is -2.39. The minimum absolute atomic E-state index is 0.114. The molecule has 0 spiro atoms. The zero-order valence-electron chi connectivity index (χ0n) is 10.5. The van der Waals surface area contributed by atoms with Crippen LogP contribution in [-0.2, 0) is 6.54 Å². The summed E-state index contributed by atoms with van der Waals surface area (Å²) in [6.45, 7) is 4.24. The van der Waals surface area contributed by atoms with Crippen molar-refractivity contribution in [3.8, 4) is 0 Å². The fourth-order valence-corrected chi connectivity index (χ4v) is 1.53. The van der Waals surface area contributed by atoms with Crippen LogP contribution in [0.5, 0.6) is 0 Å². The Morgan fingerprint density at radius 2 is 1.88 bits per heavy atom. The predicted octanol–water partition coefficient (Wildman–Crippen LogP) is 1.34. The van der Waals surface area contributed by atoms with Gasteiger partial charge in [-0.2, -0.15) is 0 Å². The third-order valence-corrected chi connectivity index (χ3v) is 2.46. The molecule has 0 saturated heterocycles. The molecule has 0 fully saturated rings. The molecule has 94 valence electrons. The van der Waals surface area contributed by atoms with Crippen LogP contribution in [0, 0.1) is 5.92 Å². The number of carbonyl (C=O) groups is 1. The maximum Gasteiger partial charge on any atom is 0.315 e. The maximum absolute atomic E-state index is 11.5. The molecule has 1 atom stereocenters. The Morgan fingerprint density at radius 3 is 2.53 bits per heavy atom. The average molecular weight is 235 g/mol. The van der Waals surface area contributed by atoms with E-state index in [4.69, 9.17) is 0 Å². The summed E-state index contributed by atoms with van der Waals surface area (Å²) in [6.07, 6.45) is 0. The van der Waals surface area contributed by atoms with Gasteiger partial charge in [0.05, 0.1) is 0 Å². The van der Waals surface area contributed by atoms with E-state index in [1.54, 1.807) is 0 Å². The van der Waals surface area contributed by atoms with Crippen molar-refractivity contribution in [2.75, 3.05) is 20.1 Å². The first kappa shape index (κ1) is 13.5. The van der Waals surface area contributed by atoms with Crippen molar-refractivity contribution < 1.29 is 4.79 Å². The smallest absolute Gasteiger partial charge is 0.315 e. The van der Waals surface area contributed by atoms with E-state index in [2.05, 4.69) is 22.9 Å². The summed E-state index contributed by atoms with van der Waals surface area (Å²) in [5.41, 5.74) is 1.10. The molecular formula is C13H21N3O. The highest BCUT2D eigenvalue weighted by Crippen LogP contribution is 1.96. The first-order chi connectivity index (χ1) is 8.22. The highest BCUT2D eigenvalue weighted by molar-refractivity contribution is 5.73. The molecule has 1 unspecified atom stereocenters. The van der Waals surface area contributed by atoms with Crippen molar-refractivity contribution in [3.05, 3.63) is 35.9 Å². The lowest BCUT2D eigenvalue weighted by molar-refractivity contribution is 0.239. The minimum Gasteiger partial charge on any atom is -0.338 e. The number of nitrogens with one attached hydrogen (secondary N) is 3. The first-order valence-electron chi connectivity index (χ1n) is 5.92. The second-order valence-corrected chi connectivity index (χ2v) is 4.21. The zero-order chi connectivity index (χ0) is 12.5. The zero-order valence-corrected chi connectivity index (χ0v) is 10.5. The van der Waals surface area contributed by atoms with Crippen LogP contribution >= 0.6 is 0 Å². The third kappa shape index (κ3) is 5.92. The molecule has 0 saturated carbocycles. The fourth-order valence-electron chi connectivity index (χ4n) is 1.53. The van der Waals surface area contributed by atoms with E-state index >= 15 is 0 Å². The van der Waals surface area contributed by atoms with Crippen LogP contribution in [0.4, 0.5) is 4.79 Å². The van der Waals surface area contributed by atoms with Crippen molar-refractivity contribution >= 4 is 6.03 Å². The van der Waals surface area contributed by atoms with Gasteiger partial charge in [-0.1, -0.05) is 37.3 Å². The highest BCUT2D eigenvalue weighted by atomic mass is 16.2. The number of benzene rings is 1. The van der Waals surface area contributed by atoms with Crippen LogP contribution in [0.25, 0.3) is 0 Å². The minimum atomic E-state index is -0.114. The molecule has 0 heterocycles. The van der Waals surface area contributed by atoms with Crippen LogP contribution in [0.2, 0.25) is 0 Å². The second-order valence-electron chi connectivity index (χ2n) is 4.21. The fraction of sp³-hybridized carbons (Fsp3) is 0.462. The number of carbonyl (C=O) groups excluding carboxylic acids is 1. The molecule has 4 nitrogen and oxygen atoms in total. The SMILES string of the molecule is CNCC(C)CNC(=O)NCc1ccccc1. The second kappa shape index (κ2) is 7.68. The van der Waals surface area contributed by atoms with Crippen molar-refractivity contribution in [1.29, 1.82) is 0 Å². The normalized spacial score (nSPS) is 11.9. The van der Waals surface area contributed by atoms with Gasteiger partial charge in [-0.25, -0.2) is 4.79 Å².